The number of nitrogens with one attached hydrogen (secondary N) is 5. The first-order valence-corrected chi connectivity index (χ1v) is 9.77. The van der Waals surface area contributed by atoms with Gasteiger partial charge in [-0.25, -0.2) is 15.2 Å². The van der Waals surface area contributed by atoms with Gasteiger partial charge in [-0.3, -0.25) is 4.79 Å². The normalized spacial score (nSPS) is 40.1. The number of amides is 1. The van der Waals surface area contributed by atoms with Crippen LogP contribution in [0.15, 0.2) is 0 Å². The van der Waals surface area contributed by atoms with Crippen LogP contribution in [0.4, 0.5) is 4.39 Å². The van der Waals surface area contributed by atoms with Gasteiger partial charge < -0.3 is 10.6 Å². The van der Waals surface area contributed by atoms with Crippen molar-refractivity contribution in [2.24, 2.45) is 11.8 Å². The van der Waals surface area contributed by atoms with Crippen LogP contribution in [0.3, 0.4) is 0 Å². The predicted octanol–water partition coefficient (Wildman–Crippen LogP) is 0.563. The van der Waals surface area contributed by atoms with Crippen molar-refractivity contribution in [1.82, 2.24) is 32.1 Å². The Morgan fingerprint density at radius 2 is 2.04 bits per heavy atom. The molecular formula is C17H33FN6O. The third-order valence-corrected chi connectivity index (χ3v) is 5.90. The number of carbonyl (C=O) groups is 1. The van der Waals surface area contributed by atoms with E-state index in [1.807, 2.05) is 6.92 Å². The lowest BCUT2D eigenvalue weighted by molar-refractivity contribution is -0.121. The molecule has 4 atom stereocenters. The fraction of sp³-hybridized carbons (Fsp3) is 0.941. The highest BCUT2D eigenvalue weighted by Gasteiger charge is 2.40. The molecule has 0 aromatic heterocycles. The van der Waals surface area contributed by atoms with Gasteiger partial charge in [-0.05, 0) is 44.9 Å². The Kier molecular flexibility index (Phi) is 6.62. The smallest absolute Gasteiger partial charge is 0.219 e. The minimum absolute atomic E-state index is 0.0935. The third-order valence-electron chi connectivity index (χ3n) is 5.90. The Labute approximate surface area is 149 Å². The lowest BCUT2D eigenvalue weighted by Crippen LogP contribution is -2.62. The van der Waals surface area contributed by atoms with E-state index in [2.05, 4.69) is 39.1 Å². The van der Waals surface area contributed by atoms with Crippen LogP contribution >= 0.6 is 0 Å². The highest BCUT2D eigenvalue weighted by Crippen LogP contribution is 2.33. The lowest BCUT2D eigenvalue weighted by atomic mass is 9.77. The molecule has 0 spiro atoms. The summed E-state index contributed by atoms with van der Waals surface area (Å²) in [7, 11) is 0. The number of hydrogen-bond donors (Lipinski definition) is 5. The number of hydrazine groups is 3. The molecule has 1 amide bonds. The number of piperidine rings is 1. The van der Waals surface area contributed by atoms with E-state index in [0.29, 0.717) is 43.7 Å². The number of halogens is 1. The first-order valence-electron chi connectivity index (χ1n) is 9.77. The molecule has 7 nitrogen and oxygen atoms in total. The quantitative estimate of drug-likeness (QED) is 0.495. The van der Waals surface area contributed by atoms with Gasteiger partial charge in [-0.2, -0.15) is 10.7 Å². The molecule has 1 aliphatic carbocycles. The fourth-order valence-electron chi connectivity index (χ4n) is 4.33. The van der Waals surface area contributed by atoms with Gasteiger partial charge >= 0.3 is 0 Å². The molecule has 2 heterocycles. The van der Waals surface area contributed by atoms with Crippen LogP contribution < -0.4 is 27.0 Å². The molecule has 144 valence electrons. The Balaban J connectivity index is 1.61. The molecule has 8 heteroatoms. The van der Waals surface area contributed by atoms with Crippen molar-refractivity contribution in [2.45, 2.75) is 76.8 Å². The summed E-state index contributed by atoms with van der Waals surface area (Å²) in [6, 6.07) is 0.680. The van der Waals surface area contributed by atoms with Crippen LogP contribution in [0.2, 0.25) is 0 Å². The Morgan fingerprint density at radius 1 is 1.28 bits per heavy atom. The topological polar surface area (TPSA) is 80.5 Å². The second-order valence-corrected chi connectivity index (χ2v) is 7.72. The molecule has 3 aliphatic rings. The van der Waals surface area contributed by atoms with Gasteiger partial charge in [0.15, 0.2) is 0 Å². The summed E-state index contributed by atoms with van der Waals surface area (Å²) >= 11 is 0. The molecule has 0 bridgehead atoms. The van der Waals surface area contributed by atoms with Gasteiger partial charge in [0, 0.05) is 37.5 Å². The van der Waals surface area contributed by atoms with E-state index in [1.165, 1.54) is 0 Å². The summed E-state index contributed by atoms with van der Waals surface area (Å²) in [4.78, 5) is 11.7. The molecule has 2 saturated heterocycles. The van der Waals surface area contributed by atoms with E-state index >= 15 is 0 Å². The minimum atomic E-state index is -0.611. The van der Waals surface area contributed by atoms with E-state index in [9.17, 15) is 9.18 Å². The van der Waals surface area contributed by atoms with E-state index in [-0.39, 0.29) is 18.1 Å². The maximum absolute atomic E-state index is 13.5. The van der Waals surface area contributed by atoms with Crippen molar-refractivity contribution < 1.29 is 9.18 Å². The van der Waals surface area contributed by atoms with E-state index < -0.39 is 6.17 Å². The van der Waals surface area contributed by atoms with Crippen molar-refractivity contribution in [3.8, 4) is 0 Å². The summed E-state index contributed by atoms with van der Waals surface area (Å²) in [5, 5.41) is 8.78. The van der Waals surface area contributed by atoms with Gasteiger partial charge in [-0.15, -0.1) is 0 Å². The number of nitrogens with zero attached hydrogens (tertiary/aromatic N) is 1. The second kappa shape index (κ2) is 8.73. The summed E-state index contributed by atoms with van der Waals surface area (Å²) in [5.74, 6) is 0.959. The van der Waals surface area contributed by atoms with Crippen LogP contribution in [-0.2, 0) is 4.79 Å². The number of alkyl halides is 1. The maximum Gasteiger partial charge on any atom is 0.219 e. The Hall–Kier alpha value is -0.800. The average Bonchev–Trinajstić information content (AvgIpc) is 3.06. The van der Waals surface area contributed by atoms with Crippen molar-refractivity contribution in [1.29, 1.82) is 0 Å². The maximum atomic E-state index is 13.5. The molecule has 5 N–H and O–H groups in total. The molecular weight excluding hydrogens is 323 g/mol. The summed E-state index contributed by atoms with van der Waals surface area (Å²) in [6.45, 7) is 5.46. The number of rotatable bonds is 5. The largest absolute Gasteiger partial charge is 0.356 e. The highest BCUT2D eigenvalue weighted by atomic mass is 19.1. The first-order chi connectivity index (χ1) is 12.1. The molecule has 3 rings (SSSR count). The van der Waals surface area contributed by atoms with Crippen molar-refractivity contribution in [3.63, 3.8) is 0 Å². The average molecular weight is 356 g/mol. The van der Waals surface area contributed by atoms with Gasteiger partial charge in [0.25, 0.3) is 0 Å². The molecule has 3 fully saturated rings. The monoisotopic (exact) mass is 356 g/mol. The Bertz CT molecular complexity index is 445. The molecule has 4 unspecified atom stereocenters. The molecule has 2 aliphatic heterocycles. The third kappa shape index (κ3) is 4.89. The minimum Gasteiger partial charge on any atom is -0.356 e. The molecule has 25 heavy (non-hydrogen) atoms. The highest BCUT2D eigenvalue weighted by molar-refractivity contribution is 5.75. The fourth-order valence-corrected chi connectivity index (χ4v) is 4.33. The first kappa shape index (κ1) is 19.0. The van der Waals surface area contributed by atoms with Crippen LogP contribution in [0, 0.1) is 11.8 Å². The van der Waals surface area contributed by atoms with E-state index in [1.54, 1.807) is 0 Å². The van der Waals surface area contributed by atoms with Crippen LogP contribution in [-0.4, -0.2) is 48.5 Å². The standard InChI is InChI=1S/C17H33FN6O/c1-3-17(25)20-10-13-9-19-15(12-4-6-14(18)7-5-12)8-16(13)24-22-11(2)21-23-24/h11-16,19,21-23H,3-10H2,1-2H3,(H,20,25). The van der Waals surface area contributed by atoms with Gasteiger partial charge in [-0.1, -0.05) is 6.92 Å². The van der Waals surface area contributed by atoms with Crippen molar-refractivity contribution >= 4 is 5.91 Å². The summed E-state index contributed by atoms with van der Waals surface area (Å²) < 4.78 is 13.5. The predicted molar refractivity (Wildman–Crippen MR) is 94.5 cm³/mol. The zero-order valence-electron chi connectivity index (χ0n) is 15.4. The second-order valence-electron chi connectivity index (χ2n) is 7.72. The van der Waals surface area contributed by atoms with Gasteiger partial charge in [0.1, 0.15) is 6.17 Å². The van der Waals surface area contributed by atoms with Crippen LogP contribution in [0.25, 0.3) is 0 Å². The number of carbonyl (C=O) groups excluding carboxylic acids is 1. The molecule has 0 aromatic carbocycles. The lowest BCUT2D eigenvalue weighted by Gasteiger charge is -2.44. The summed E-state index contributed by atoms with van der Waals surface area (Å²) in [6.07, 6.45) is 4.39. The van der Waals surface area contributed by atoms with Crippen molar-refractivity contribution in [2.75, 3.05) is 13.1 Å². The molecule has 0 radical (unpaired) electrons. The Morgan fingerprint density at radius 3 is 2.68 bits per heavy atom. The summed E-state index contributed by atoms with van der Waals surface area (Å²) in [5.41, 5.74) is 9.78. The molecule has 0 aromatic rings. The SMILES string of the molecule is CCC(=O)NCC1CNC(C2CCC(F)CC2)CC1N1NNC(C)N1. The van der Waals surface area contributed by atoms with E-state index in [4.69, 9.17) is 0 Å². The van der Waals surface area contributed by atoms with Gasteiger partial charge in [0.2, 0.25) is 5.91 Å². The van der Waals surface area contributed by atoms with Crippen LogP contribution in [0.1, 0.15) is 52.4 Å². The van der Waals surface area contributed by atoms with Crippen molar-refractivity contribution in [3.05, 3.63) is 0 Å². The van der Waals surface area contributed by atoms with Crippen LogP contribution in [0.5, 0.6) is 0 Å². The number of hydrogen-bond acceptors (Lipinski definition) is 6. The van der Waals surface area contributed by atoms with E-state index in [0.717, 1.165) is 25.8 Å². The zero-order valence-corrected chi connectivity index (χ0v) is 15.4. The zero-order chi connectivity index (χ0) is 17.8. The molecule has 1 saturated carbocycles. The van der Waals surface area contributed by atoms with Gasteiger partial charge in [0.05, 0.1) is 6.17 Å².